The van der Waals surface area contributed by atoms with E-state index in [2.05, 4.69) is 20.7 Å². The van der Waals surface area contributed by atoms with Crippen LogP contribution in [0.4, 0.5) is 16.2 Å². The van der Waals surface area contributed by atoms with Gasteiger partial charge in [0.15, 0.2) is 0 Å². The maximum atomic E-state index is 12.6. The molecular weight excluding hydrogens is 396 g/mol. The van der Waals surface area contributed by atoms with E-state index in [1.165, 1.54) is 15.6 Å². The highest BCUT2D eigenvalue weighted by Crippen LogP contribution is 2.30. The molecule has 0 atom stereocenters. The largest absolute Gasteiger partial charge is 0.495 e. The van der Waals surface area contributed by atoms with Crippen LogP contribution in [0.25, 0.3) is 16.8 Å². The first kappa shape index (κ1) is 19.9. The second-order valence-corrected chi connectivity index (χ2v) is 6.71. The number of aryl methyl sites for hydroxylation is 1. The Balaban J connectivity index is 1.49. The van der Waals surface area contributed by atoms with E-state index in [4.69, 9.17) is 4.74 Å². The van der Waals surface area contributed by atoms with E-state index in [1.807, 2.05) is 24.3 Å². The number of rotatable bonds is 5. The number of carbonyl (C=O) groups is 1. The Bertz CT molecular complexity index is 1260. The summed E-state index contributed by atoms with van der Waals surface area (Å²) in [4.78, 5) is 28.6. The van der Waals surface area contributed by atoms with Gasteiger partial charge in [0.25, 0.3) is 0 Å². The predicted octanol–water partition coefficient (Wildman–Crippen LogP) is 3.29. The maximum absolute atomic E-state index is 12.6. The molecule has 0 bridgehead atoms. The molecule has 0 fully saturated rings. The van der Waals surface area contributed by atoms with Crippen molar-refractivity contribution in [3.05, 3.63) is 83.8 Å². The molecule has 0 saturated carbocycles. The van der Waals surface area contributed by atoms with Crippen molar-refractivity contribution in [1.29, 1.82) is 0 Å². The van der Waals surface area contributed by atoms with E-state index in [0.717, 1.165) is 11.1 Å². The molecule has 2 N–H and O–H groups in total. The van der Waals surface area contributed by atoms with E-state index in [1.54, 1.807) is 56.9 Å². The molecule has 2 amide bonds. The second-order valence-electron chi connectivity index (χ2n) is 6.71. The first-order valence-corrected chi connectivity index (χ1v) is 9.42. The fourth-order valence-electron chi connectivity index (χ4n) is 3.05. The van der Waals surface area contributed by atoms with Crippen LogP contribution in [-0.4, -0.2) is 32.5 Å². The van der Waals surface area contributed by atoms with Crippen LogP contribution in [0.5, 0.6) is 5.75 Å². The number of ether oxygens (including phenoxy) is 1. The molecular formula is C22H20N6O3. The van der Waals surface area contributed by atoms with Crippen molar-refractivity contribution in [2.45, 2.75) is 0 Å². The fraction of sp³-hybridized carbons (Fsp3) is 0.0909. The van der Waals surface area contributed by atoms with Crippen molar-refractivity contribution >= 4 is 17.4 Å². The number of pyridine rings is 1. The number of hydrogen-bond donors (Lipinski definition) is 2. The minimum atomic E-state index is -0.423. The van der Waals surface area contributed by atoms with Crippen molar-refractivity contribution in [3.63, 3.8) is 0 Å². The summed E-state index contributed by atoms with van der Waals surface area (Å²) >= 11 is 0. The van der Waals surface area contributed by atoms with Crippen LogP contribution in [0.3, 0.4) is 0 Å². The van der Waals surface area contributed by atoms with Gasteiger partial charge >= 0.3 is 11.7 Å². The van der Waals surface area contributed by atoms with Gasteiger partial charge in [0.05, 0.1) is 18.5 Å². The first-order chi connectivity index (χ1) is 15.0. The third-order valence-electron chi connectivity index (χ3n) is 4.65. The summed E-state index contributed by atoms with van der Waals surface area (Å²) in [6.07, 6.45) is 4.86. The summed E-state index contributed by atoms with van der Waals surface area (Å²) in [6, 6.07) is 15.7. The average molecular weight is 416 g/mol. The summed E-state index contributed by atoms with van der Waals surface area (Å²) in [5, 5.41) is 9.62. The number of methoxy groups -OCH3 is 1. The molecule has 2 aromatic carbocycles. The molecule has 0 aliphatic heterocycles. The quantitative estimate of drug-likeness (QED) is 0.520. The molecule has 2 aromatic heterocycles. The Morgan fingerprint density at radius 2 is 1.71 bits per heavy atom. The SMILES string of the molecule is COc1ccc(-c2ccncc2)cc1NC(=O)Nc1ccc(-n2ncn(C)c2=O)cc1. The smallest absolute Gasteiger partial charge is 0.350 e. The summed E-state index contributed by atoms with van der Waals surface area (Å²) in [5.41, 5.74) is 3.34. The molecule has 0 spiro atoms. The summed E-state index contributed by atoms with van der Waals surface area (Å²) in [7, 11) is 3.17. The van der Waals surface area contributed by atoms with Gasteiger partial charge in [0.1, 0.15) is 12.1 Å². The summed E-state index contributed by atoms with van der Waals surface area (Å²) in [6.45, 7) is 0. The lowest BCUT2D eigenvalue weighted by Gasteiger charge is -2.13. The molecule has 31 heavy (non-hydrogen) atoms. The normalized spacial score (nSPS) is 10.5. The summed E-state index contributed by atoms with van der Waals surface area (Å²) < 4.78 is 8.03. The van der Waals surface area contributed by atoms with Gasteiger partial charge in [-0.25, -0.2) is 9.59 Å². The van der Waals surface area contributed by atoms with Gasteiger partial charge in [-0.1, -0.05) is 6.07 Å². The summed E-state index contributed by atoms with van der Waals surface area (Å²) in [5.74, 6) is 0.540. The van der Waals surface area contributed by atoms with Crippen LogP contribution >= 0.6 is 0 Å². The lowest BCUT2D eigenvalue weighted by molar-refractivity contribution is 0.262. The molecule has 156 valence electrons. The van der Waals surface area contributed by atoms with Crippen LogP contribution in [0.1, 0.15) is 0 Å². The highest BCUT2D eigenvalue weighted by atomic mass is 16.5. The number of nitrogens with zero attached hydrogens (tertiary/aromatic N) is 4. The van der Waals surface area contributed by atoms with Gasteiger partial charge in [0, 0.05) is 25.1 Å². The Kier molecular flexibility index (Phi) is 5.48. The molecule has 9 heteroatoms. The topological polar surface area (TPSA) is 103 Å². The Hall–Kier alpha value is -4.40. The highest BCUT2D eigenvalue weighted by Gasteiger charge is 2.11. The zero-order chi connectivity index (χ0) is 21.8. The Morgan fingerprint density at radius 3 is 2.35 bits per heavy atom. The molecule has 2 heterocycles. The molecule has 0 radical (unpaired) electrons. The number of benzene rings is 2. The molecule has 0 unspecified atom stereocenters. The van der Waals surface area contributed by atoms with Gasteiger partial charge in [-0.2, -0.15) is 9.78 Å². The number of hydrogen-bond acceptors (Lipinski definition) is 5. The van der Waals surface area contributed by atoms with Crippen molar-refractivity contribution in [2.75, 3.05) is 17.7 Å². The predicted molar refractivity (Wildman–Crippen MR) is 118 cm³/mol. The zero-order valence-electron chi connectivity index (χ0n) is 16.9. The maximum Gasteiger partial charge on any atom is 0.350 e. The molecule has 0 aliphatic rings. The number of nitrogens with one attached hydrogen (secondary N) is 2. The van der Waals surface area contributed by atoms with Crippen LogP contribution in [0.15, 0.2) is 78.1 Å². The molecule has 0 saturated heterocycles. The third kappa shape index (κ3) is 4.30. The van der Waals surface area contributed by atoms with Crippen molar-refractivity contribution in [1.82, 2.24) is 19.3 Å². The van der Waals surface area contributed by atoms with E-state index < -0.39 is 6.03 Å². The number of urea groups is 1. The molecule has 4 rings (SSSR count). The number of amides is 2. The Labute approximate surface area is 177 Å². The van der Waals surface area contributed by atoms with Crippen LogP contribution < -0.4 is 21.1 Å². The van der Waals surface area contributed by atoms with Crippen LogP contribution in [0.2, 0.25) is 0 Å². The monoisotopic (exact) mass is 416 g/mol. The van der Waals surface area contributed by atoms with Crippen molar-refractivity contribution in [2.24, 2.45) is 7.05 Å². The standard InChI is InChI=1S/C22H20N6O3/c1-27-14-24-28(22(27)30)18-6-4-17(5-7-18)25-21(29)26-19-13-16(3-8-20(19)31-2)15-9-11-23-12-10-15/h3-14H,1-2H3,(H2,25,26,29). The highest BCUT2D eigenvalue weighted by molar-refractivity contribution is 6.01. The van der Waals surface area contributed by atoms with Gasteiger partial charge in [-0.3, -0.25) is 9.55 Å². The van der Waals surface area contributed by atoms with E-state index in [9.17, 15) is 9.59 Å². The lowest BCUT2D eigenvalue weighted by Crippen LogP contribution is -2.22. The number of carbonyl (C=O) groups excluding carboxylic acids is 1. The lowest BCUT2D eigenvalue weighted by atomic mass is 10.1. The minimum absolute atomic E-state index is 0.250. The minimum Gasteiger partial charge on any atom is -0.495 e. The number of aromatic nitrogens is 4. The van der Waals surface area contributed by atoms with Crippen LogP contribution in [0, 0.1) is 0 Å². The fourth-order valence-corrected chi connectivity index (χ4v) is 3.05. The molecule has 9 nitrogen and oxygen atoms in total. The van der Waals surface area contributed by atoms with E-state index in [0.29, 0.717) is 22.8 Å². The zero-order valence-corrected chi connectivity index (χ0v) is 16.9. The van der Waals surface area contributed by atoms with Crippen LogP contribution in [-0.2, 0) is 7.05 Å². The van der Waals surface area contributed by atoms with Gasteiger partial charge in [-0.15, -0.1) is 0 Å². The first-order valence-electron chi connectivity index (χ1n) is 9.42. The van der Waals surface area contributed by atoms with E-state index in [-0.39, 0.29) is 5.69 Å². The van der Waals surface area contributed by atoms with Gasteiger partial charge < -0.3 is 15.4 Å². The second kappa shape index (κ2) is 8.54. The molecule has 4 aromatic rings. The van der Waals surface area contributed by atoms with Gasteiger partial charge in [0.2, 0.25) is 0 Å². The Morgan fingerprint density at radius 1 is 0.968 bits per heavy atom. The van der Waals surface area contributed by atoms with E-state index >= 15 is 0 Å². The van der Waals surface area contributed by atoms with Crippen molar-refractivity contribution in [3.8, 4) is 22.6 Å². The van der Waals surface area contributed by atoms with Gasteiger partial charge in [-0.05, 0) is 59.7 Å². The molecule has 0 aliphatic carbocycles. The number of anilines is 2. The average Bonchev–Trinajstić information content (AvgIpc) is 3.13. The van der Waals surface area contributed by atoms with Crippen molar-refractivity contribution < 1.29 is 9.53 Å². The third-order valence-corrected chi connectivity index (χ3v) is 4.65.